The van der Waals surface area contributed by atoms with Crippen molar-refractivity contribution >= 4 is 11.7 Å². The Morgan fingerprint density at radius 3 is 2.65 bits per heavy atom. The number of urea groups is 1. The average molecular weight is 280 g/mol. The topological polar surface area (TPSA) is 70.6 Å². The lowest BCUT2D eigenvalue weighted by atomic mass is 10.0. The van der Waals surface area contributed by atoms with Gasteiger partial charge in [0.15, 0.2) is 0 Å². The van der Waals surface area contributed by atoms with Gasteiger partial charge in [0.1, 0.15) is 5.75 Å². The van der Waals surface area contributed by atoms with Crippen LogP contribution >= 0.6 is 0 Å². The minimum absolute atomic E-state index is 0.108. The van der Waals surface area contributed by atoms with Crippen molar-refractivity contribution in [2.75, 3.05) is 18.5 Å². The number of aliphatic hydroxyl groups excluding tert-OH is 1. The van der Waals surface area contributed by atoms with E-state index in [0.717, 1.165) is 5.56 Å². The number of carbonyl (C=O) groups is 1. The molecule has 1 unspecified atom stereocenters. The summed E-state index contributed by atoms with van der Waals surface area (Å²) < 4.78 is 5.51. The van der Waals surface area contributed by atoms with Crippen LogP contribution in [0, 0.1) is 6.92 Å². The first-order chi connectivity index (χ1) is 9.44. The molecule has 0 aliphatic carbocycles. The van der Waals surface area contributed by atoms with E-state index < -0.39 is 5.54 Å². The number of nitrogens with one attached hydrogen (secondary N) is 2. The molecule has 1 atom stereocenters. The highest BCUT2D eigenvalue weighted by Gasteiger charge is 2.23. The lowest BCUT2D eigenvalue weighted by Gasteiger charge is -2.27. The molecule has 0 aliphatic heterocycles. The van der Waals surface area contributed by atoms with Crippen LogP contribution in [-0.4, -0.2) is 29.9 Å². The van der Waals surface area contributed by atoms with Crippen LogP contribution in [0.3, 0.4) is 0 Å². The number of anilines is 1. The molecule has 0 saturated heterocycles. The predicted octanol–water partition coefficient (Wildman–Crippen LogP) is 2.68. The maximum absolute atomic E-state index is 12.0. The quantitative estimate of drug-likeness (QED) is 0.750. The van der Waals surface area contributed by atoms with Gasteiger partial charge in [-0.15, -0.1) is 0 Å². The van der Waals surface area contributed by atoms with Crippen LogP contribution in [0.1, 0.15) is 32.8 Å². The summed E-state index contributed by atoms with van der Waals surface area (Å²) in [6, 6.07) is 5.24. The second-order valence-corrected chi connectivity index (χ2v) is 5.08. The van der Waals surface area contributed by atoms with Crippen molar-refractivity contribution in [1.82, 2.24) is 5.32 Å². The first-order valence-electron chi connectivity index (χ1n) is 6.87. The second kappa shape index (κ2) is 7.14. The second-order valence-electron chi connectivity index (χ2n) is 5.08. The Hall–Kier alpha value is -1.75. The summed E-state index contributed by atoms with van der Waals surface area (Å²) in [6.45, 7) is 7.99. The number of hydrogen-bond acceptors (Lipinski definition) is 3. The molecular formula is C15H24N2O3. The minimum Gasteiger partial charge on any atom is -0.492 e. The van der Waals surface area contributed by atoms with Crippen molar-refractivity contribution in [3.05, 3.63) is 23.8 Å². The zero-order chi connectivity index (χ0) is 15.2. The number of aryl methyl sites for hydroxylation is 1. The summed E-state index contributed by atoms with van der Waals surface area (Å²) in [4.78, 5) is 12.0. The molecule has 0 aliphatic rings. The Kier molecular flexibility index (Phi) is 5.82. The first-order valence-corrected chi connectivity index (χ1v) is 6.87. The standard InChI is InChI=1S/C15H24N2O3/c1-5-15(4,10-18)17-14(19)16-12-8-7-11(3)9-13(12)20-6-2/h7-9,18H,5-6,10H2,1-4H3,(H2,16,17,19). The molecule has 0 fully saturated rings. The summed E-state index contributed by atoms with van der Waals surface area (Å²) in [5.41, 5.74) is 1.06. The Morgan fingerprint density at radius 2 is 2.10 bits per heavy atom. The van der Waals surface area contributed by atoms with E-state index in [4.69, 9.17) is 4.74 Å². The fourth-order valence-electron chi connectivity index (χ4n) is 1.68. The molecule has 0 aromatic heterocycles. The lowest BCUT2D eigenvalue weighted by molar-refractivity contribution is 0.172. The van der Waals surface area contributed by atoms with E-state index in [1.54, 1.807) is 6.92 Å². The number of aliphatic hydroxyl groups is 1. The maximum atomic E-state index is 12.0. The van der Waals surface area contributed by atoms with Gasteiger partial charge in [0, 0.05) is 0 Å². The van der Waals surface area contributed by atoms with E-state index in [1.807, 2.05) is 39.0 Å². The fraction of sp³-hybridized carbons (Fsp3) is 0.533. The van der Waals surface area contributed by atoms with E-state index in [0.29, 0.717) is 24.5 Å². The van der Waals surface area contributed by atoms with Gasteiger partial charge >= 0.3 is 6.03 Å². The van der Waals surface area contributed by atoms with Gasteiger partial charge in [-0.2, -0.15) is 0 Å². The van der Waals surface area contributed by atoms with Crippen molar-refractivity contribution < 1.29 is 14.6 Å². The number of carbonyl (C=O) groups excluding carboxylic acids is 1. The Bertz CT molecular complexity index is 456. The van der Waals surface area contributed by atoms with E-state index in [1.165, 1.54) is 0 Å². The maximum Gasteiger partial charge on any atom is 0.319 e. The monoisotopic (exact) mass is 280 g/mol. The van der Waals surface area contributed by atoms with E-state index in [-0.39, 0.29) is 12.6 Å². The van der Waals surface area contributed by atoms with Gasteiger partial charge in [-0.25, -0.2) is 4.79 Å². The zero-order valence-electron chi connectivity index (χ0n) is 12.6. The molecule has 20 heavy (non-hydrogen) atoms. The molecule has 1 aromatic rings. The Balaban J connectivity index is 2.80. The van der Waals surface area contributed by atoms with Crippen LogP contribution in [0.2, 0.25) is 0 Å². The third-order valence-electron chi connectivity index (χ3n) is 3.23. The van der Waals surface area contributed by atoms with Crippen molar-refractivity contribution in [2.45, 2.75) is 39.7 Å². The molecule has 1 rings (SSSR count). The highest BCUT2D eigenvalue weighted by molar-refractivity contribution is 5.91. The molecule has 3 N–H and O–H groups in total. The molecule has 0 radical (unpaired) electrons. The summed E-state index contributed by atoms with van der Waals surface area (Å²) in [5.74, 6) is 0.643. The molecular weight excluding hydrogens is 256 g/mol. The highest BCUT2D eigenvalue weighted by Crippen LogP contribution is 2.25. The van der Waals surface area contributed by atoms with Crippen molar-refractivity contribution in [2.24, 2.45) is 0 Å². The van der Waals surface area contributed by atoms with Crippen LogP contribution in [0.25, 0.3) is 0 Å². The molecule has 5 heteroatoms. The molecule has 112 valence electrons. The van der Waals surface area contributed by atoms with Crippen LogP contribution in [0.4, 0.5) is 10.5 Å². The molecule has 5 nitrogen and oxygen atoms in total. The summed E-state index contributed by atoms with van der Waals surface area (Å²) in [6.07, 6.45) is 0.642. The summed E-state index contributed by atoms with van der Waals surface area (Å²) in [5, 5.41) is 14.8. The van der Waals surface area contributed by atoms with Crippen LogP contribution < -0.4 is 15.4 Å². The largest absolute Gasteiger partial charge is 0.492 e. The SMILES string of the molecule is CCOc1cc(C)ccc1NC(=O)NC(C)(CC)CO. The highest BCUT2D eigenvalue weighted by atomic mass is 16.5. The van der Waals surface area contributed by atoms with Crippen LogP contribution in [0.5, 0.6) is 5.75 Å². The lowest BCUT2D eigenvalue weighted by Crippen LogP contribution is -2.50. The normalized spacial score (nSPS) is 13.4. The van der Waals surface area contributed by atoms with Gasteiger partial charge < -0.3 is 20.5 Å². The number of benzene rings is 1. The van der Waals surface area contributed by atoms with Crippen molar-refractivity contribution in [3.63, 3.8) is 0 Å². The third kappa shape index (κ3) is 4.42. The Morgan fingerprint density at radius 1 is 1.40 bits per heavy atom. The molecule has 0 heterocycles. The number of amides is 2. The minimum atomic E-state index is -0.624. The first kappa shape index (κ1) is 16.3. The third-order valence-corrected chi connectivity index (χ3v) is 3.23. The summed E-state index contributed by atoms with van der Waals surface area (Å²) >= 11 is 0. The van der Waals surface area contributed by atoms with Gasteiger partial charge in [-0.05, 0) is 44.9 Å². The molecule has 0 spiro atoms. The van der Waals surface area contributed by atoms with Crippen molar-refractivity contribution in [3.8, 4) is 5.75 Å². The molecule has 0 saturated carbocycles. The van der Waals surface area contributed by atoms with Gasteiger partial charge in [0.25, 0.3) is 0 Å². The van der Waals surface area contributed by atoms with Crippen molar-refractivity contribution in [1.29, 1.82) is 0 Å². The predicted molar refractivity (Wildman–Crippen MR) is 80.3 cm³/mol. The van der Waals surface area contributed by atoms with Gasteiger partial charge in [0.2, 0.25) is 0 Å². The van der Waals surface area contributed by atoms with Gasteiger partial charge in [0.05, 0.1) is 24.4 Å². The van der Waals surface area contributed by atoms with E-state index in [9.17, 15) is 9.90 Å². The number of rotatable bonds is 6. The number of hydrogen-bond donors (Lipinski definition) is 3. The van der Waals surface area contributed by atoms with E-state index in [2.05, 4.69) is 10.6 Å². The molecule has 2 amide bonds. The summed E-state index contributed by atoms with van der Waals surface area (Å²) in [7, 11) is 0. The molecule has 0 bridgehead atoms. The van der Waals surface area contributed by atoms with E-state index >= 15 is 0 Å². The zero-order valence-corrected chi connectivity index (χ0v) is 12.6. The number of ether oxygens (including phenoxy) is 1. The smallest absolute Gasteiger partial charge is 0.319 e. The van der Waals surface area contributed by atoms with Crippen LogP contribution in [0.15, 0.2) is 18.2 Å². The molecule has 1 aromatic carbocycles. The fourth-order valence-corrected chi connectivity index (χ4v) is 1.68. The Labute approximate surface area is 120 Å². The average Bonchev–Trinajstić information content (AvgIpc) is 2.42. The van der Waals surface area contributed by atoms with Crippen LogP contribution in [-0.2, 0) is 0 Å². The van der Waals surface area contributed by atoms with Gasteiger partial charge in [-0.3, -0.25) is 0 Å². The van der Waals surface area contributed by atoms with Gasteiger partial charge in [-0.1, -0.05) is 13.0 Å².